The molecule has 0 fully saturated rings. The summed E-state index contributed by atoms with van der Waals surface area (Å²) < 4.78 is 18.9. The molecule has 6 heterocycles. The molecule has 12 aromatic carbocycles. The highest BCUT2D eigenvalue weighted by Crippen LogP contribution is 2.53. The van der Waals surface area contributed by atoms with Crippen LogP contribution in [0.2, 0.25) is 0 Å². The van der Waals surface area contributed by atoms with Crippen LogP contribution in [0.1, 0.15) is 63.8 Å². The summed E-state index contributed by atoms with van der Waals surface area (Å²) in [5, 5.41) is 38.9. The minimum atomic E-state index is -0.257. The van der Waals surface area contributed by atoms with E-state index in [4.69, 9.17) is 4.42 Å². The SMILES string of the molecule is CC(C)(C)c1ccc2c(c1)c1cc(C(C)(C)C)c3c4ccccc4sc3c1n2-c1c(C#N)c(-n2c3ccccc3c3ccccc32)c(-n2c3ccc(-c4ccccc4)cc3c3ccc4c5ccccc5oc4c32)c(-n2c3ccccc3c3ccccc32)c1C#N. The fraction of sp³-hybridized carbons (Fsp3) is 0.0976. The lowest BCUT2D eigenvalue weighted by Gasteiger charge is -2.27. The first kappa shape index (κ1) is 52.0. The molecule has 0 aliphatic heterocycles. The second kappa shape index (κ2) is 18.7. The number of furan rings is 1. The number of nitriles is 2. The number of benzene rings is 12. The van der Waals surface area contributed by atoms with E-state index in [1.807, 2.05) is 12.1 Å². The number of rotatable bonds is 5. The molecule has 426 valence electrons. The number of fused-ring (bicyclic) bond motifs is 20. The number of thiophene rings is 1. The second-order valence-electron chi connectivity index (χ2n) is 26.2. The van der Waals surface area contributed by atoms with E-state index in [1.54, 1.807) is 11.3 Å². The van der Waals surface area contributed by atoms with E-state index in [9.17, 15) is 10.5 Å². The van der Waals surface area contributed by atoms with Crippen LogP contribution >= 0.6 is 11.3 Å². The first-order valence-corrected chi connectivity index (χ1v) is 31.6. The molecule has 0 saturated heterocycles. The van der Waals surface area contributed by atoms with Crippen molar-refractivity contribution in [2.24, 2.45) is 0 Å². The number of hydrogen-bond donors (Lipinski definition) is 0. The molecule has 0 spiro atoms. The van der Waals surface area contributed by atoms with E-state index in [-0.39, 0.29) is 10.8 Å². The van der Waals surface area contributed by atoms with Gasteiger partial charge in [-0.2, -0.15) is 10.5 Å². The Bertz CT molecular complexity index is 6010. The molecule has 0 aliphatic carbocycles. The van der Waals surface area contributed by atoms with Crippen LogP contribution in [-0.2, 0) is 10.8 Å². The monoisotopic (exact) mass is 1170 g/mol. The zero-order chi connectivity index (χ0) is 60.6. The molecular weight excluding hydrogens is 1120 g/mol. The summed E-state index contributed by atoms with van der Waals surface area (Å²) in [6.45, 7) is 13.7. The van der Waals surface area contributed by atoms with Crippen LogP contribution in [0.5, 0.6) is 0 Å². The maximum atomic E-state index is 13.2. The fourth-order valence-electron chi connectivity index (χ4n) is 15.1. The largest absolute Gasteiger partial charge is 0.454 e. The van der Waals surface area contributed by atoms with E-state index in [2.05, 4.69) is 290 Å². The van der Waals surface area contributed by atoms with Crippen molar-refractivity contribution in [2.45, 2.75) is 52.4 Å². The Morgan fingerprint density at radius 2 is 0.844 bits per heavy atom. The average molecular weight is 1170 g/mol. The third kappa shape index (κ3) is 7.08. The summed E-state index contributed by atoms with van der Waals surface area (Å²) in [5.74, 6) is 0. The molecule has 18 rings (SSSR count). The van der Waals surface area contributed by atoms with Gasteiger partial charge in [0, 0.05) is 69.3 Å². The van der Waals surface area contributed by atoms with Crippen LogP contribution in [0.4, 0.5) is 0 Å². The Hall–Kier alpha value is -11.2. The smallest absolute Gasteiger partial charge is 0.160 e. The zero-order valence-electron chi connectivity index (χ0n) is 50.4. The molecule has 0 N–H and O–H groups in total. The van der Waals surface area contributed by atoms with Crippen molar-refractivity contribution in [3.8, 4) is 46.0 Å². The van der Waals surface area contributed by atoms with E-state index < -0.39 is 0 Å². The normalized spacial score (nSPS) is 12.5. The Morgan fingerprint density at radius 1 is 0.356 bits per heavy atom. The summed E-state index contributed by atoms with van der Waals surface area (Å²) in [7, 11) is 0. The Balaban J connectivity index is 1.17. The Morgan fingerprint density at radius 3 is 1.42 bits per heavy atom. The van der Waals surface area contributed by atoms with Gasteiger partial charge in [0.1, 0.15) is 28.8 Å². The van der Waals surface area contributed by atoms with Gasteiger partial charge in [0.05, 0.1) is 71.6 Å². The Kier molecular flexibility index (Phi) is 10.8. The summed E-state index contributed by atoms with van der Waals surface area (Å²) in [4.78, 5) is 0. The first-order chi connectivity index (χ1) is 43.9. The van der Waals surface area contributed by atoms with Gasteiger partial charge in [-0.05, 0) is 106 Å². The fourth-order valence-corrected chi connectivity index (χ4v) is 16.4. The van der Waals surface area contributed by atoms with Gasteiger partial charge >= 0.3 is 0 Å². The lowest BCUT2D eigenvalue weighted by Crippen LogP contribution is -2.17. The van der Waals surface area contributed by atoms with Gasteiger partial charge in [-0.15, -0.1) is 11.3 Å². The number of aromatic nitrogens is 4. The van der Waals surface area contributed by atoms with Gasteiger partial charge in [-0.3, -0.25) is 0 Å². The number of para-hydroxylation sites is 5. The van der Waals surface area contributed by atoms with Crippen LogP contribution in [0.25, 0.3) is 163 Å². The van der Waals surface area contributed by atoms with Crippen molar-refractivity contribution in [1.29, 1.82) is 10.5 Å². The summed E-state index contributed by atoms with van der Waals surface area (Å²) >= 11 is 1.79. The second-order valence-corrected chi connectivity index (χ2v) is 27.2. The van der Waals surface area contributed by atoms with E-state index in [0.29, 0.717) is 39.5 Å². The number of hydrogen-bond acceptors (Lipinski definition) is 4. The van der Waals surface area contributed by atoms with Gasteiger partial charge in [0.25, 0.3) is 0 Å². The molecule has 0 saturated carbocycles. The highest BCUT2D eigenvalue weighted by molar-refractivity contribution is 7.26. The lowest BCUT2D eigenvalue weighted by molar-refractivity contribution is 0.591. The molecule has 0 atom stereocenters. The molecule has 18 aromatic rings. The van der Waals surface area contributed by atoms with Crippen LogP contribution in [0, 0.1) is 22.7 Å². The van der Waals surface area contributed by atoms with Crippen LogP contribution in [0.15, 0.2) is 235 Å². The maximum absolute atomic E-state index is 13.2. The van der Waals surface area contributed by atoms with Crippen molar-refractivity contribution in [3.05, 3.63) is 253 Å². The van der Waals surface area contributed by atoms with Crippen molar-refractivity contribution < 1.29 is 4.42 Å². The molecule has 7 nitrogen and oxygen atoms in total. The standard InChI is InChI=1S/C82H56N6OS/c1-81(2,3)49-37-41-69-59(43-49)60-44-63(82(4,5)6)72-57-29-15-21-35-71(57)90-80(72)77(60)87(69)73-61(45-83)74(85-64-30-16-10-24-50(64)51-25-11-17-31-65(51)85)78(75(62(73)46-84)86-66-32-18-12-26-52(66)53-27-13-19-33-67(53)86)88-68-40-36-48(47-22-8-7-9-23-47)42-58(68)55-38-39-56-54-28-14-20-34-70(54)89-79(56)76(55)88/h7-44H,1-6H3. The molecule has 0 aliphatic rings. The highest BCUT2D eigenvalue weighted by atomic mass is 32.1. The molecular formula is C82H56N6OS. The predicted molar refractivity (Wildman–Crippen MR) is 376 cm³/mol. The lowest BCUT2D eigenvalue weighted by atomic mass is 9.82. The van der Waals surface area contributed by atoms with Gasteiger partial charge < -0.3 is 22.7 Å². The quantitative estimate of drug-likeness (QED) is 0.172. The topological polar surface area (TPSA) is 80.4 Å². The predicted octanol–water partition coefficient (Wildman–Crippen LogP) is 22.3. The van der Waals surface area contributed by atoms with Crippen molar-refractivity contribution in [1.82, 2.24) is 18.3 Å². The molecule has 90 heavy (non-hydrogen) atoms. The maximum Gasteiger partial charge on any atom is 0.160 e. The third-order valence-corrected chi connectivity index (χ3v) is 20.3. The van der Waals surface area contributed by atoms with Crippen molar-refractivity contribution >= 4 is 141 Å². The summed E-state index contributed by atoms with van der Waals surface area (Å²) in [6.07, 6.45) is 0. The highest BCUT2D eigenvalue weighted by Gasteiger charge is 2.37. The van der Waals surface area contributed by atoms with Crippen molar-refractivity contribution in [3.63, 3.8) is 0 Å². The average Bonchev–Trinajstić information content (AvgIpc) is 1.48. The van der Waals surface area contributed by atoms with E-state index >= 15 is 0 Å². The van der Waals surface area contributed by atoms with Crippen molar-refractivity contribution in [2.75, 3.05) is 0 Å². The molecule has 8 heteroatoms. The number of nitrogens with zero attached hydrogens (tertiary/aromatic N) is 6. The minimum absolute atomic E-state index is 0.197. The molecule has 0 radical (unpaired) electrons. The first-order valence-electron chi connectivity index (χ1n) is 30.8. The molecule has 0 amide bonds. The summed E-state index contributed by atoms with van der Waals surface area (Å²) in [5.41, 5.74) is 15.9. The van der Waals surface area contributed by atoms with E-state index in [1.165, 1.54) is 26.6 Å². The van der Waals surface area contributed by atoms with E-state index in [0.717, 1.165) is 119 Å². The third-order valence-electron chi connectivity index (χ3n) is 19.1. The molecule has 0 unspecified atom stereocenters. The molecule has 6 aromatic heterocycles. The van der Waals surface area contributed by atoms with Gasteiger partial charge in [0.15, 0.2) is 5.58 Å². The van der Waals surface area contributed by atoms with Gasteiger partial charge in [-0.25, -0.2) is 0 Å². The molecule has 0 bridgehead atoms. The Labute approximate surface area is 521 Å². The van der Waals surface area contributed by atoms with Crippen LogP contribution < -0.4 is 0 Å². The minimum Gasteiger partial charge on any atom is -0.454 e. The van der Waals surface area contributed by atoms with Gasteiger partial charge in [-0.1, -0.05) is 199 Å². The van der Waals surface area contributed by atoms with Gasteiger partial charge in [0.2, 0.25) is 0 Å². The summed E-state index contributed by atoms with van der Waals surface area (Å²) in [6, 6.07) is 88.3. The van der Waals surface area contributed by atoms with Crippen LogP contribution in [-0.4, -0.2) is 18.3 Å². The zero-order valence-corrected chi connectivity index (χ0v) is 51.3. The van der Waals surface area contributed by atoms with Crippen LogP contribution in [0.3, 0.4) is 0 Å².